The second kappa shape index (κ2) is 39.0. The van der Waals surface area contributed by atoms with Crippen molar-refractivity contribution in [2.24, 2.45) is 29.2 Å². The fourth-order valence-corrected chi connectivity index (χ4v) is 10.7. The van der Waals surface area contributed by atoms with E-state index in [1.54, 1.807) is 65.0 Å². The zero-order chi connectivity index (χ0) is 68.9. The maximum atomic E-state index is 14.8. The summed E-state index contributed by atoms with van der Waals surface area (Å²) in [6.45, 7) is 10.0. The molecule has 514 valence electrons. The third-order valence-corrected chi connectivity index (χ3v) is 16.2. The first-order valence-electron chi connectivity index (χ1n) is 32.2. The van der Waals surface area contributed by atoms with E-state index in [0.717, 1.165) is 0 Å². The number of fused-ring (bicyclic) bond motifs is 1. The largest absolute Gasteiger partial charge is 0.508 e. The molecule has 17 N–H and O–H groups in total. The zero-order valence-electron chi connectivity index (χ0n) is 54.4. The van der Waals surface area contributed by atoms with Gasteiger partial charge in [0, 0.05) is 25.8 Å². The smallest absolute Gasteiger partial charge is 0.246 e. The number of primary amides is 1. The lowest BCUT2D eigenvalue weighted by Crippen LogP contribution is -2.61. The van der Waals surface area contributed by atoms with Gasteiger partial charge in [-0.1, -0.05) is 110 Å². The summed E-state index contributed by atoms with van der Waals surface area (Å²) in [5.41, 5.74) is 12.3. The number of unbranched alkanes of at least 4 members (excludes halogenated alkanes) is 2. The van der Waals surface area contributed by atoms with Gasteiger partial charge in [0.1, 0.15) is 66.2 Å². The Kier molecular flexibility index (Phi) is 32.1. The third kappa shape index (κ3) is 25.4. The highest BCUT2D eigenvalue weighted by Gasteiger charge is 2.42. The molecule has 0 spiro atoms. The number of hydrogen-bond acceptors (Lipinski definition) is 16. The van der Waals surface area contributed by atoms with Crippen molar-refractivity contribution in [3.05, 3.63) is 65.7 Å². The molecule has 13 amide bonds. The molecule has 0 aromatic heterocycles. The van der Waals surface area contributed by atoms with Crippen LogP contribution in [0.2, 0.25) is 0 Å². The van der Waals surface area contributed by atoms with Crippen molar-refractivity contribution in [2.45, 2.75) is 199 Å². The Balaban J connectivity index is 1.80. The number of nitrogens with one attached hydrogen (secondary N) is 11. The summed E-state index contributed by atoms with van der Waals surface area (Å²) in [6.07, 6.45) is 1.64. The maximum Gasteiger partial charge on any atom is 0.246 e. The van der Waals surface area contributed by atoms with E-state index in [9.17, 15) is 72.5 Å². The van der Waals surface area contributed by atoms with Gasteiger partial charge in [0.15, 0.2) is 0 Å². The normalized spacial score (nSPS) is 25.0. The van der Waals surface area contributed by atoms with Crippen LogP contribution in [0.1, 0.15) is 137 Å². The van der Waals surface area contributed by atoms with Gasteiger partial charge in [0.05, 0.1) is 19.7 Å². The highest BCUT2D eigenvalue weighted by molar-refractivity contribution is 6.00. The highest BCUT2D eigenvalue weighted by Crippen LogP contribution is 2.23. The fraction of sp³-hybridized carbons (Fsp3) is 0.609. The number of aromatic hydroxyl groups is 1. The Morgan fingerprint density at radius 3 is 1.62 bits per heavy atom. The predicted octanol–water partition coefficient (Wildman–Crippen LogP) is -1.90. The minimum atomic E-state index is -1.78. The van der Waals surface area contributed by atoms with Crippen molar-refractivity contribution in [2.75, 3.05) is 32.8 Å². The van der Waals surface area contributed by atoms with Crippen molar-refractivity contribution in [1.29, 1.82) is 0 Å². The molecule has 0 saturated carbocycles. The molecule has 0 bridgehead atoms. The van der Waals surface area contributed by atoms with Crippen LogP contribution in [-0.2, 0) is 75.2 Å². The van der Waals surface area contributed by atoms with Crippen LogP contribution >= 0.6 is 0 Å². The summed E-state index contributed by atoms with van der Waals surface area (Å²) in [7, 11) is 0. The summed E-state index contributed by atoms with van der Waals surface area (Å²) in [4.78, 5) is 184. The molecule has 93 heavy (non-hydrogen) atoms. The minimum absolute atomic E-state index is 0.00822. The van der Waals surface area contributed by atoms with Crippen LogP contribution < -0.4 is 70.0 Å². The number of nitrogens with two attached hydrogens (primary N) is 2. The van der Waals surface area contributed by atoms with Gasteiger partial charge in [0.2, 0.25) is 76.8 Å². The Morgan fingerprint density at radius 1 is 0.548 bits per heavy atom. The Hall–Kier alpha value is -8.73. The van der Waals surface area contributed by atoms with Crippen LogP contribution in [0, 0.1) is 17.8 Å². The van der Waals surface area contributed by atoms with E-state index in [0.29, 0.717) is 49.7 Å². The van der Waals surface area contributed by atoms with E-state index in [1.165, 1.54) is 29.2 Å². The molecule has 2 heterocycles. The van der Waals surface area contributed by atoms with Gasteiger partial charge in [-0.3, -0.25) is 62.3 Å². The molecule has 11 unspecified atom stereocenters. The van der Waals surface area contributed by atoms with Gasteiger partial charge < -0.3 is 85.1 Å². The molecule has 11 atom stereocenters. The Morgan fingerprint density at radius 2 is 1.04 bits per heavy atom. The SMILES string of the molecule is CCCCC1NC(=O)C(C(C)C)NC(=O)CNC(=O)C(Cc2ccccc2)NC(=O)CNC(=O)C(CCC(N)=O)NC(=O)C(CC(C)C)NC(=O)C(CO)NC(=O)C(Cc2ccc(O)cc2)NC(=O)C(CCCCN)NC(=O)C2CCCN2C(=O)C(C(C)CC)NC1=O. The second-order valence-electron chi connectivity index (χ2n) is 24.6. The molecule has 4 rings (SSSR count). The first-order valence-corrected chi connectivity index (χ1v) is 32.2. The first-order chi connectivity index (χ1) is 44.2. The highest BCUT2D eigenvalue weighted by atomic mass is 16.3. The van der Waals surface area contributed by atoms with Gasteiger partial charge in [-0.15, -0.1) is 0 Å². The minimum Gasteiger partial charge on any atom is -0.508 e. The zero-order valence-corrected chi connectivity index (χ0v) is 54.4. The average Bonchev–Trinajstić information content (AvgIpc) is 1.80. The number of carbonyl (C=O) groups excluding carboxylic acids is 13. The summed E-state index contributed by atoms with van der Waals surface area (Å²) >= 11 is 0. The van der Waals surface area contributed by atoms with Crippen molar-refractivity contribution in [1.82, 2.24) is 63.4 Å². The quantitative estimate of drug-likeness (QED) is 0.0644. The lowest BCUT2D eigenvalue weighted by atomic mass is 9.96. The van der Waals surface area contributed by atoms with E-state index in [4.69, 9.17) is 11.5 Å². The monoisotopic (exact) mass is 1300 g/mol. The lowest BCUT2D eigenvalue weighted by Gasteiger charge is -2.33. The van der Waals surface area contributed by atoms with Crippen LogP contribution in [0.5, 0.6) is 5.75 Å². The average molecular weight is 1300 g/mol. The Labute approximate surface area is 543 Å². The van der Waals surface area contributed by atoms with E-state index < -0.39 is 175 Å². The molecule has 2 aliphatic heterocycles. The molecule has 2 aromatic rings. The maximum absolute atomic E-state index is 14.8. The number of nitrogens with zero attached hydrogens (tertiary/aromatic N) is 1. The number of rotatable bonds is 20. The van der Waals surface area contributed by atoms with Crippen LogP contribution in [0.25, 0.3) is 0 Å². The summed E-state index contributed by atoms with van der Waals surface area (Å²) < 4.78 is 0. The third-order valence-electron chi connectivity index (χ3n) is 16.2. The number of phenols is 1. The molecular formula is C64H98N14O15. The van der Waals surface area contributed by atoms with Gasteiger partial charge >= 0.3 is 0 Å². The van der Waals surface area contributed by atoms with Crippen LogP contribution in [0.4, 0.5) is 0 Å². The lowest BCUT2D eigenvalue weighted by molar-refractivity contribution is -0.143. The molecule has 0 radical (unpaired) electrons. The molecule has 29 nitrogen and oxygen atoms in total. The van der Waals surface area contributed by atoms with E-state index in [1.807, 2.05) is 13.8 Å². The summed E-state index contributed by atoms with van der Waals surface area (Å²) in [5.74, 6) is -12.5. The molecule has 0 aliphatic carbocycles. The first kappa shape index (κ1) is 76.7. The van der Waals surface area contributed by atoms with Crippen molar-refractivity contribution < 1.29 is 72.5 Å². The van der Waals surface area contributed by atoms with Crippen LogP contribution in [0.15, 0.2) is 54.6 Å². The van der Waals surface area contributed by atoms with Gasteiger partial charge in [-0.2, -0.15) is 0 Å². The van der Waals surface area contributed by atoms with E-state index in [-0.39, 0.29) is 69.7 Å². The number of aliphatic hydroxyl groups is 1. The molecule has 2 aliphatic rings. The molecular weight excluding hydrogens is 1200 g/mol. The fourth-order valence-electron chi connectivity index (χ4n) is 10.7. The van der Waals surface area contributed by atoms with Crippen molar-refractivity contribution >= 4 is 76.8 Å². The molecule has 2 saturated heterocycles. The van der Waals surface area contributed by atoms with Crippen molar-refractivity contribution in [3.8, 4) is 5.75 Å². The van der Waals surface area contributed by atoms with Crippen molar-refractivity contribution in [3.63, 3.8) is 0 Å². The number of hydrogen-bond donors (Lipinski definition) is 15. The molecule has 2 fully saturated rings. The van der Waals surface area contributed by atoms with E-state index in [2.05, 4.69) is 58.5 Å². The number of aliphatic hydroxyl groups excluding tert-OH is 1. The summed E-state index contributed by atoms with van der Waals surface area (Å²) in [6, 6.07) is 0.347. The topological polar surface area (TPSA) is 450 Å². The molecule has 2 aromatic carbocycles. The number of phenolic OH excluding ortho intramolecular Hbond substituents is 1. The van der Waals surface area contributed by atoms with Gasteiger partial charge in [-0.25, -0.2) is 0 Å². The molecule has 29 heteroatoms. The number of benzene rings is 2. The number of amides is 13. The predicted molar refractivity (Wildman–Crippen MR) is 342 cm³/mol. The summed E-state index contributed by atoms with van der Waals surface area (Å²) in [5, 5.41) is 49.3. The van der Waals surface area contributed by atoms with Gasteiger partial charge in [-0.05, 0) is 98.9 Å². The van der Waals surface area contributed by atoms with Crippen LogP contribution in [0.3, 0.4) is 0 Å². The van der Waals surface area contributed by atoms with E-state index >= 15 is 0 Å². The standard InChI is InChI=1S/C64H98N14O15/c1-8-10-19-42-58(87)77-54(38(7)9-2)64(93)78-29-16-21-49(78)62(91)71-43(20-14-15-28-65)57(86)74-47(32-40-22-24-41(80)25-23-40)60(89)75-48(35-79)61(90)73-45(30-36(3)4)59(88)70-44(26-27-50(66)81)55(84)67-33-51(82)69-46(31-39-17-12-11-13-18-39)56(85)68-34-52(83)76-53(37(5)6)63(92)72-42/h11-13,17-18,22-25,36-38,42-49,53-54,79-80H,8-10,14-16,19-21,26-35,65H2,1-7H3,(H2,66,81)(H,67,84)(H,68,85)(H,69,82)(H,70,88)(H,71,91)(H,72,92)(H,73,90)(H,74,86)(H,75,89)(H,76,83)(H,77,87). The second-order valence-corrected chi connectivity index (χ2v) is 24.6. The number of carbonyl (C=O) groups is 13. The van der Waals surface area contributed by atoms with Gasteiger partial charge in [0.25, 0.3) is 0 Å². The Bertz CT molecular complexity index is 2880. The van der Waals surface area contributed by atoms with Crippen LogP contribution in [-0.4, -0.2) is 185 Å².